The van der Waals surface area contributed by atoms with Crippen molar-refractivity contribution in [2.24, 2.45) is 28.6 Å². The summed E-state index contributed by atoms with van der Waals surface area (Å²) in [5.41, 5.74) is -4.77. The van der Waals surface area contributed by atoms with E-state index in [4.69, 9.17) is 23.7 Å². The normalized spacial score (nSPS) is 61.1. The van der Waals surface area contributed by atoms with Gasteiger partial charge in [0.15, 0.2) is 5.60 Å². The second-order valence-corrected chi connectivity index (χ2v) is 12.3. The van der Waals surface area contributed by atoms with Crippen LogP contribution in [0.1, 0.15) is 33.6 Å². The number of hydrogen-bond acceptors (Lipinski definition) is 9. The summed E-state index contributed by atoms with van der Waals surface area (Å²) < 4.78 is 31.8. The molecule has 6 fully saturated rings. The van der Waals surface area contributed by atoms with Gasteiger partial charge in [-0.15, -0.1) is 0 Å². The second kappa shape index (κ2) is 6.67. The molecule has 7 bridgehead atoms. The first-order chi connectivity index (χ1) is 16.6. The predicted molar refractivity (Wildman–Crippen MR) is 121 cm³/mol. The summed E-state index contributed by atoms with van der Waals surface area (Å²) >= 11 is 0. The van der Waals surface area contributed by atoms with Crippen molar-refractivity contribution in [2.75, 3.05) is 34.1 Å². The number of carbonyl (C=O) groups excluding carboxylic acids is 1. The standard InChI is InChI=1S/C26H37NO8/c1-6-27-11-22(3)8-7-16(32-5)25-19(22)20(35-13(2)28)26(21(25)27)24(33-12-34-26)10-15(31-4)14-9-23(25,30)18(24)17(14)29/h7-8,14-21,29-30H,6,9-12H2,1-5H3/t14-,15+,16+,17+,18+,19-,20+,21+,22+,23+,24-,25-,26+/m1/s1. The Labute approximate surface area is 205 Å². The lowest BCUT2D eigenvalue weighted by Gasteiger charge is -2.70. The Kier molecular flexibility index (Phi) is 4.40. The minimum atomic E-state index is -1.34. The van der Waals surface area contributed by atoms with Gasteiger partial charge in [-0.2, -0.15) is 0 Å². The van der Waals surface area contributed by atoms with Crippen LogP contribution >= 0.6 is 0 Å². The maximum absolute atomic E-state index is 13.2. The SMILES string of the molecule is CCN1C[C@]2(C)C=C[C@H](OC)[C@@]34[C@H]1[C@@]1(OCO[C@@]15C[C@H](OC)[C@H]1C[C@]3(O)[C@@H]5[C@H]1O)[C@@H](OC(C)=O)[C@@H]42. The van der Waals surface area contributed by atoms with Gasteiger partial charge in [0, 0.05) is 57.3 Å². The fourth-order valence-corrected chi connectivity index (χ4v) is 11.0. The summed E-state index contributed by atoms with van der Waals surface area (Å²) in [5, 5.41) is 25.0. The first-order valence-corrected chi connectivity index (χ1v) is 13.0. The van der Waals surface area contributed by atoms with E-state index in [1.165, 1.54) is 6.92 Å². The van der Waals surface area contributed by atoms with E-state index in [1.807, 2.05) is 0 Å². The minimum Gasteiger partial charge on any atom is -0.459 e. The largest absolute Gasteiger partial charge is 0.459 e. The van der Waals surface area contributed by atoms with Crippen molar-refractivity contribution >= 4 is 5.97 Å². The third-order valence-corrected chi connectivity index (χ3v) is 11.4. The van der Waals surface area contributed by atoms with Crippen LogP contribution in [0.2, 0.25) is 0 Å². The number of hydrogen-bond donors (Lipinski definition) is 2. The molecule has 7 rings (SSSR count). The zero-order valence-corrected chi connectivity index (χ0v) is 21.1. The van der Waals surface area contributed by atoms with Crippen LogP contribution in [0.4, 0.5) is 0 Å². The molecule has 7 aliphatic rings. The Morgan fingerprint density at radius 3 is 2.63 bits per heavy atom. The van der Waals surface area contributed by atoms with Crippen LogP contribution in [0.3, 0.4) is 0 Å². The number of rotatable bonds is 4. The highest BCUT2D eigenvalue weighted by Gasteiger charge is 2.97. The van der Waals surface area contributed by atoms with Gasteiger partial charge in [0.1, 0.15) is 18.5 Å². The van der Waals surface area contributed by atoms with E-state index in [0.29, 0.717) is 12.8 Å². The number of esters is 1. The van der Waals surface area contributed by atoms with E-state index in [1.54, 1.807) is 14.2 Å². The van der Waals surface area contributed by atoms with Crippen LogP contribution in [0.5, 0.6) is 0 Å². The van der Waals surface area contributed by atoms with Crippen molar-refractivity contribution in [1.29, 1.82) is 0 Å². The van der Waals surface area contributed by atoms with Gasteiger partial charge in [-0.05, 0) is 13.0 Å². The van der Waals surface area contributed by atoms with Gasteiger partial charge in [0.2, 0.25) is 0 Å². The lowest BCUT2D eigenvalue weighted by molar-refractivity contribution is -0.316. The number of aliphatic hydroxyl groups is 2. The summed E-state index contributed by atoms with van der Waals surface area (Å²) in [6.07, 6.45) is 2.84. The number of carbonyl (C=O) groups is 1. The molecule has 3 spiro atoms. The van der Waals surface area contributed by atoms with Crippen LogP contribution in [0.15, 0.2) is 12.2 Å². The summed E-state index contributed by atoms with van der Waals surface area (Å²) in [7, 11) is 3.33. The molecule has 13 atom stereocenters. The molecule has 9 nitrogen and oxygen atoms in total. The van der Waals surface area contributed by atoms with Crippen LogP contribution in [-0.4, -0.2) is 102 Å². The molecule has 0 aromatic carbocycles. The number of aliphatic hydroxyl groups excluding tert-OH is 1. The second-order valence-electron chi connectivity index (χ2n) is 12.3. The van der Waals surface area contributed by atoms with Crippen molar-refractivity contribution in [3.8, 4) is 0 Å². The molecule has 2 N–H and O–H groups in total. The highest BCUT2D eigenvalue weighted by molar-refractivity contribution is 5.67. The molecular weight excluding hydrogens is 454 g/mol. The van der Waals surface area contributed by atoms with E-state index in [2.05, 4.69) is 30.9 Å². The predicted octanol–water partition coefficient (Wildman–Crippen LogP) is 0.472. The molecule has 2 heterocycles. The zero-order valence-electron chi connectivity index (χ0n) is 21.1. The first kappa shape index (κ1) is 23.1. The number of likely N-dealkylation sites (tertiary alicyclic amines) is 1. The molecule has 0 aromatic heterocycles. The number of fused-ring (bicyclic) bond motifs is 1. The molecule has 194 valence electrons. The van der Waals surface area contributed by atoms with Crippen molar-refractivity contribution in [3.63, 3.8) is 0 Å². The molecular formula is C26H37NO8. The zero-order chi connectivity index (χ0) is 24.8. The van der Waals surface area contributed by atoms with Crippen molar-refractivity contribution in [2.45, 2.75) is 80.9 Å². The molecule has 0 radical (unpaired) electrons. The monoisotopic (exact) mass is 491 g/mol. The summed E-state index contributed by atoms with van der Waals surface area (Å²) in [5.74, 6) is -1.50. The molecule has 5 aliphatic carbocycles. The average Bonchev–Trinajstić information content (AvgIpc) is 3.34. The van der Waals surface area contributed by atoms with Gasteiger partial charge in [-0.3, -0.25) is 9.69 Å². The van der Waals surface area contributed by atoms with Gasteiger partial charge in [0.25, 0.3) is 0 Å². The Morgan fingerprint density at radius 2 is 1.97 bits per heavy atom. The third-order valence-electron chi connectivity index (χ3n) is 11.4. The number of likely N-dealkylation sites (N-methyl/N-ethyl adjacent to an activating group) is 1. The molecule has 0 aromatic rings. The lowest BCUT2D eigenvalue weighted by atomic mass is 9.42. The Balaban J connectivity index is 1.62. The highest BCUT2D eigenvalue weighted by atomic mass is 16.7. The molecule has 35 heavy (non-hydrogen) atoms. The topological polar surface area (TPSA) is 107 Å². The Bertz CT molecular complexity index is 1010. The molecule has 2 aliphatic heterocycles. The minimum absolute atomic E-state index is 0.0107. The van der Waals surface area contributed by atoms with Crippen molar-refractivity contribution < 1.29 is 38.7 Å². The van der Waals surface area contributed by atoms with Gasteiger partial charge in [-0.1, -0.05) is 26.0 Å². The molecule has 0 amide bonds. The van der Waals surface area contributed by atoms with Crippen LogP contribution < -0.4 is 0 Å². The van der Waals surface area contributed by atoms with Crippen LogP contribution in [0, 0.1) is 28.6 Å². The first-order valence-electron chi connectivity index (χ1n) is 13.0. The van der Waals surface area contributed by atoms with Gasteiger partial charge in [-0.25, -0.2) is 0 Å². The number of methoxy groups -OCH3 is 2. The lowest BCUT2D eigenvalue weighted by Crippen LogP contribution is -2.85. The Morgan fingerprint density at radius 1 is 1.20 bits per heavy atom. The number of ether oxygens (including phenoxy) is 5. The van der Waals surface area contributed by atoms with E-state index < -0.39 is 51.9 Å². The quantitative estimate of drug-likeness (QED) is 0.429. The van der Waals surface area contributed by atoms with E-state index in [-0.39, 0.29) is 36.7 Å². The van der Waals surface area contributed by atoms with Gasteiger partial charge < -0.3 is 33.9 Å². The fourth-order valence-electron chi connectivity index (χ4n) is 11.0. The number of nitrogens with zero attached hydrogens (tertiary/aromatic N) is 1. The van der Waals surface area contributed by atoms with Gasteiger partial charge in [0.05, 0.1) is 35.4 Å². The van der Waals surface area contributed by atoms with Crippen LogP contribution in [0.25, 0.3) is 0 Å². The summed E-state index contributed by atoms with van der Waals surface area (Å²) in [6.45, 7) is 7.23. The number of piperidine rings is 1. The summed E-state index contributed by atoms with van der Waals surface area (Å²) in [6, 6.07) is -0.331. The summed E-state index contributed by atoms with van der Waals surface area (Å²) in [4.78, 5) is 15.1. The van der Waals surface area contributed by atoms with Crippen molar-refractivity contribution in [1.82, 2.24) is 4.90 Å². The fraction of sp³-hybridized carbons (Fsp3) is 0.885. The average molecular weight is 492 g/mol. The van der Waals surface area contributed by atoms with E-state index >= 15 is 0 Å². The van der Waals surface area contributed by atoms with E-state index in [9.17, 15) is 15.0 Å². The van der Waals surface area contributed by atoms with Crippen LogP contribution in [-0.2, 0) is 28.5 Å². The Hall–Kier alpha value is -1.07. The third kappa shape index (κ3) is 2.05. The molecule has 9 heteroatoms. The smallest absolute Gasteiger partial charge is 0.303 e. The molecule has 2 saturated heterocycles. The molecule has 0 unspecified atom stereocenters. The maximum Gasteiger partial charge on any atom is 0.303 e. The van der Waals surface area contributed by atoms with E-state index in [0.717, 1.165) is 13.1 Å². The highest BCUT2D eigenvalue weighted by Crippen LogP contribution is 2.82. The molecule has 4 saturated carbocycles. The van der Waals surface area contributed by atoms with Crippen molar-refractivity contribution in [3.05, 3.63) is 12.2 Å². The van der Waals surface area contributed by atoms with Gasteiger partial charge >= 0.3 is 5.97 Å². The maximum atomic E-state index is 13.2.